The molecule has 2 rings (SSSR count). The van der Waals surface area contributed by atoms with Gasteiger partial charge in [-0.25, -0.2) is 9.98 Å². The molecule has 6 nitrogen and oxygen atoms in total. The first-order valence-electron chi connectivity index (χ1n) is 8.96. The van der Waals surface area contributed by atoms with Crippen LogP contribution in [0.3, 0.4) is 0 Å². The highest BCUT2D eigenvalue weighted by Gasteiger charge is 2.08. The predicted octanol–water partition coefficient (Wildman–Crippen LogP) is 4.04. The first kappa shape index (κ1) is 22.9. The first-order chi connectivity index (χ1) is 12.0. The Bertz CT molecular complexity index is 696. The lowest BCUT2D eigenvalue weighted by atomic mass is 10.1. The van der Waals surface area contributed by atoms with Crippen molar-refractivity contribution in [1.82, 2.24) is 20.8 Å². The second-order valence-electron chi connectivity index (χ2n) is 6.21. The summed E-state index contributed by atoms with van der Waals surface area (Å²) in [6.45, 7) is 12.6. The fraction of sp³-hybridized carbons (Fsp3) is 0.611. The quantitative estimate of drug-likeness (QED) is 0.331. The number of aromatic nitrogens is 2. The average Bonchev–Trinajstić information content (AvgIpc) is 3.19. The van der Waals surface area contributed by atoms with E-state index in [0.717, 1.165) is 43.3 Å². The van der Waals surface area contributed by atoms with Crippen molar-refractivity contribution in [2.24, 2.45) is 4.99 Å². The van der Waals surface area contributed by atoms with Crippen molar-refractivity contribution in [2.75, 3.05) is 13.1 Å². The Hall–Kier alpha value is -1.16. The molecule has 8 heteroatoms. The molecule has 0 radical (unpaired) electrons. The van der Waals surface area contributed by atoms with E-state index in [1.165, 1.54) is 15.6 Å². The third-order valence-electron chi connectivity index (χ3n) is 3.81. The Morgan fingerprint density at radius 2 is 2.08 bits per heavy atom. The Morgan fingerprint density at radius 3 is 2.65 bits per heavy atom. The van der Waals surface area contributed by atoms with Gasteiger partial charge in [-0.05, 0) is 26.2 Å². The van der Waals surface area contributed by atoms with Gasteiger partial charge in [0.2, 0.25) is 0 Å². The lowest BCUT2D eigenvalue weighted by Gasteiger charge is -2.10. The number of nitrogens with one attached hydrogen (secondary N) is 2. The summed E-state index contributed by atoms with van der Waals surface area (Å²) in [7, 11) is 0. The molecule has 0 aromatic carbocycles. The van der Waals surface area contributed by atoms with Crippen molar-refractivity contribution in [3.63, 3.8) is 0 Å². The number of guanidine groups is 1. The second-order valence-corrected chi connectivity index (χ2v) is 7.50. The van der Waals surface area contributed by atoms with Gasteiger partial charge in [0.15, 0.2) is 11.7 Å². The minimum Gasteiger partial charge on any atom is -0.359 e. The molecular formula is C18H30IN5OS. The predicted molar refractivity (Wildman–Crippen MR) is 119 cm³/mol. The van der Waals surface area contributed by atoms with E-state index < -0.39 is 0 Å². The van der Waals surface area contributed by atoms with Crippen molar-refractivity contribution < 1.29 is 4.52 Å². The summed E-state index contributed by atoms with van der Waals surface area (Å²) in [6.07, 6.45) is 1.89. The largest absolute Gasteiger partial charge is 0.359 e. The molecule has 0 atom stereocenters. The zero-order valence-corrected chi connectivity index (χ0v) is 19.4. The third-order valence-corrected chi connectivity index (χ3v) is 4.88. The maximum Gasteiger partial charge on any atom is 0.191 e. The number of hydrogen-bond acceptors (Lipinski definition) is 5. The molecular weight excluding hydrogens is 461 g/mol. The number of hydrogen-bond donors (Lipinski definition) is 2. The van der Waals surface area contributed by atoms with Gasteiger partial charge in [0.1, 0.15) is 6.54 Å². The van der Waals surface area contributed by atoms with Gasteiger partial charge in [-0.3, -0.25) is 0 Å². The van der Waals surface area contributed by atoms with Gasteiger partial charge in [0, 0.05) is 30.5 Å². The molecule has 2 aromatic rings. The molecule has 0 bridgehead atoms. The van der Waals surface area contributed by atoms with E-state index in [4.69, 9.17) is 4.52 Å². The fourth-order valence-corrected chi connectivity index (χ4v) is 3.41. The van der Waals surface area contributed by atoms with Gasteiger partial charge >= 0.3 is 0 Å². The van der Waals surface area contributed by atoms with Gasteiger partial charge in [-0.1, -0.05) is 25.9 Å². The molecule has 0 saturated heterocycles. The van der Waals surface area contributed by atoms with Crippen LogP contribution in [0.5, 0.6) is 0 Å². The Labute approximate surface area is 177 Å². The van der Waals surface area contributed by atoms with Gasteiger partial charge < -0.3 is 15.2 Å². The molecule has 2 aromatic heterocycles. The van der Waals surface area contributed by atoms with Crippen LogP contribution in [0.1, 0.15) is 60.6 Å². The summed E-state index contributed by atoms with van der Waals surface area (Å²) in [5, 5.41) is 11.9. The average molecular weight is 491 g/mol. The van der Waals surface area contributed by atoms with Gasteiger partial charge in [0.25, 0.3) is 0 Å². The summed E-state index contributed by atoms with van der Waals surface area (Å²) in [4.78, 5) is 10.6. The molecule has 0 aliphatic rings. The smallest absolute Gasteiger partial charge is 0.191 e. The Balaban J connectivity index is 0.00000338. The van der Waals surface area contributed by atoms with Crippen LogP contribution in [0.4, 0.5) is 0 Å². The molecule has 0 aliphatic heterocycles. The van der Waals surface area contributed by atoms with E-state index in [1.54, 1.807) is 11.3 Å². The fourth-order valence-electron chi connectivity index (χ4n) is 2.38. The van der Waals surface area contributed by atoms with E-state index in [1.807, 2.05) is 6.07 Å². The molecule has 2 N–H and O–H groups in total. The zero-order chi connectivity index (χ0) is 18.2. The highest BCUT2D eigenvalue weighted by molar-refractivity contribution is 14.0. The van der Waals surface area contributed by atoms with Crippen LogP contribution in [0, 0.1) is 6.92 Å². The van der Waals surface area contributed by atoms with Crippen LogP contribution in [-0.4, -0.2) is 29.2 Å². The highest BCUT2D eigenvalue weighted by atomic mass is 127. The van der Waals surface area contributed by atoms with E-state index in [-0.39, 0.29) is 24.0 Å². The molecule has 26 heavy (non-hydrogen) atoms. The highest BCUT2D eigenvalue weighted by Crippen LogP contribution is 2.18. The van der Waals surface area contributed by atoms with Crippen LogP contribution in [-0.2, 0) is 19.4 Å². The molecule has 0 unspecified atom stereocenters. The topological polar surface area (TPSA) is 75.3 Å². The monoisotopic (exact) mass is 491 g/mol. The van der Waals surface area contributed by atoms with Crippen LogP contribution in [0.2, 0.25) is 0 Å². The SMILES string of the molecule is CCNC(=NCc1cc(C(C)C)no1)NCCc1nc(CC)c(C)s1.I. The molecule has 0 fully saturated rings. The van der Waals surface area contributed by atoms with Crippen LogP contribution in [0.25, 0.3) is 0 Å². The van der Waals surface area contributed by atoms with Crippen molar-refractivity contribution in [2.45, 2.75) is 59.9 Å². The van der Waals surface area contributed by atoms with E-state index in [0.29, 0.717) is 12.5 Å². The standard InChI is InChI=1S/C18H29N5OS.HI/c1-6-15-13(5)25-17(22-15)8-9-20-18(19-7-2)21-11-14-10-16(12(3)4)23-24-14;/h10,12H,6-9,11H2,1-5H3,(H2,19,20,21);1H. The molecule has 146 valence electrons. The number of aryl methyl sites for hydroxylation is 2. The van der Waals surface area contributed by atoms with Crippen LogP contribution >= 0.6 is 35.3 Å². The normalized spacial score (nSPS) is 11.5. The molecule has 0 spiro atoms. The summed E-state index contributed by atoms with van der Waals surface area (Å²) >= 11 is 1.78. The zero-order valence-electron chi connectivity index (χ0n) is 16.3. The van der Waals surface area contributed by atoms with Crippen molar-refractivity contribution >= 4 is 41.3 Å². The summed E-state index contributed by atoms with van der Waals surface area (Å²) < 4.78 is 5.34. The first-order valence-corrected chi connectivity index (χ1v) is 9.77. The number of aliphatic imine (C=N–C) groups is 1. The Morgan fingerprint density at radius 1 is 1.31 bits per heavy atom. The van der Waals surface area contributed by atoms with Crippen LogP contribution < -0.4 is 10.6 Å². The second kappa shape index (κ2) is 11.5. The molecule has 0 amide bonds. The molecule has 0 saturated carbocycles. The minimum atomic E-state index is 0. The maximum atomic E-state index is 5.34. The third kappa shape index (κ3) is 6.86. The molecule has 0 aliphatic carbocycles. The van der Waals surface area contributed by atoms with E-state index in [2.05, 4.69) is 60.4 Å². The van der Waals surface area contributed by atoms with Crippen LogP contribution in [0.15, 0.2) is 15.6 Å². The van der Waals surface area contributed by atoms with Gasteiger partial charge in [-0.2, -0.15) is 0 Å². The molecule has 2 heterocycles. The Kier molecular flexibility index (Phi) is 10.1. The number of rotatable bonds is 8. The van der Waals surface area contributed by atoms with Gasteiger partial charge in [-0.15, -0.1) is 35.3 Å². The number of halogens is 1. The summed E-state index contributed by atoms with van der Waals surface area (Å²) in [6, 6.07) is 1.97. The minimum absolute atomic E-state index is 0. The summed E-state index contributed by atoms with van der Waals surface area (Å²) in [5.74, 6) is 1.93. The van der Waals surface area contributed by atoms with E-state index >= 15 is 0 Å². The van der Waals surface area contributed by atoms with E-state index in [9.17, 15) is 0 Å². The van der Waals surface area contributed by atoms with Gasteiger partial charge in [0.05, 0.1) is 16.4 Å². The van der Waals surface area contributed by atoms with Crippen molar-refractivity contribution in [1.29, 1.82) is 0 Å². The summed E-state index contributed by atoms with van der Waals surface area (Å²) in [5.41, 5.74) is 2.18. The van der Waals surface area contributed by atoms with Crippen molar-refractivity contribution in [3.05, 3.63) is 33.1 Å². The number of thiazole rings is 1. The maximum absolute atomic E-state index is 5.34. The lowest BCUT2D eigenvalue weighted by molar-refractivity contribution is 0.376. The lowest BCUT2D eigenvalue weighted by Crippen LogP contribution is -2.38. The van der Waals surface area contributed by atoms with Crippen molar-refractivity contribution in [3.8, 4) is 0 Å². The number of nitrogens with zero attached hydrogens (tertiary/aromatic N) is 3.